The third-order valence-electron chi connectivity index (χ3n) is 3.92. The molecule has 0 saturated carbocycles. The molecule has 1 aromatic rings. The second-order valence-corrected chi connectivity index (χ2v) is 6.86. The van der Waals surface area contributed by atoms with Crippen LogP contribution in [0.5, 0.6) is 0 Å². The van der Waals surface area contributed by atoms with Gasteiger partial charge in [0.25, 0.3) is 0 Å². The molecule has 1 aromatic carbocycles. The predicted molar refractivity (Wildman–Crippen MR) is 80.8 cm³/mol. The van der Waals surface area contributed by atoms with Gasteiger partial charge >= 0.3 is 0 Å². The summed E-state index contributed by atoms with van der Waals surface area (Å²) in [7, 11) is 0. The van der Waals surface area contributed by atoms with E-state index in [9.17, 15) is 5.11 Å². The summed E-state index contributed by atoms with van der Waals surface area (Å²) in [6, 6.07) is 6.53. The van der Waals surface area contributed by atoms with Gasteiger partial charge in [-0.05, 0) is 57.9 Å². The number of hydrogen-bond donors (Lipinski definition) is 2. The van der Waals surface area contributed by atoms with Crippen molar-refractivity contribution in [3.8, 4) is 0 Å². The summed E-state index contributed by atoms with van der Waals surface area (Å²) in [6.45, 7) is 12.7. The fourth-order valence-corrected chi connectivity index (χ4v) is 2.59. The van der Waals surface area contributed by atoms with Crippen molar-refractivity contribution in [3.63, 3.8) is 0 Å². The van der Waals surface area contributed by atoms with Gasteiger partial charge in [-0.3, -0.25) is 0 Å². The molecule has 19 heavy (non-hydrogen) atoms. The molecule has 3 nitrogen and oxygen atoms in total. The highest BCUT2D eigenvalue weighted by Gasteiger charge is 2.34. The molecule has 1 aliphatic heterocycles. The zero-order chi connectivity index (χ0) is 14.3. The lowest BCUT2D eigenvalue weighted by atomic mass is 10.0. The van der Waals surface area contributed by atoms with E-state index in [-0.39, 0.29) is 5.54 Å². The zero-order valence-electron chi connectivity index (χ0n) is 12.7. The molecule has 1 aliphatic rings. The van der Waals surface area contributed by atoms with Gasteiger partial charge in [0.1, 0.15) is 0 Å². The second kappa shape index (κ2) is 4.80. The average Bonchev–Trinajstić information content (AvgIpc) is 2.39. The van der Waals surface area contributed by atoms with Crippen LogP contribution in [0.2, 0.25) is 0 Å². The topological polar surface area (TPSA) is 35.5 Å². The molecule has 3 heteroatoms. The Kier molecular flexibility index (Phi) is 3.63. The Labute approximate surface area is 116 Å². The summed E-state index contributed by atoms with van der Waals surface area (Å²) >= 11 is 0. The largest absolute Gasteiger partial charge is 0.387 e. The summed E-state index contributed by atoms with van der Waals surface area (Å²) in [5.41, 5.74) is 3.10. The number of hydrogen-bond acceptors (Lipinski definition) is 3. The van der Waals surface area contributed by atoms with Crippen molar-refractivity contribution in [1.82, 2.24) is 5.32 Å². The molecule has 2 N–H and O–H groups in total. The molecule has 1 atom stereocenters. The number of β-amino-alcohol motifs (C(OH)–C–C–N with tert-alkyl or cyclic N) is 1. The first kappa shape index (κ1) is 14.4. The minimum Gasteiger partial charge on any atom is -0.387 e. The van der Waals surface area contributed by atoms with Crippen molar-refractivity contribution in [2.45, 2.75) is 45.8 Å². The van der Waals surface area contributed by atoms with Gasteiger partial charge < -0.3 is 15.3 Å². The number of aliphatic hydroxyl groups is 1. The highest BCUT2D eigenvalue weighted by molar-refractivity contribution is 5.51. The number of benzene rings is 1. The predicted octanol–water partition coefficient (Wildman–Crippen LogP) is 2.24. The average molecular weight is 262 g/mol. The quantitative estimate of drug-likeness (QED) is 0.815. The Morgan fingerprint density at radius 1 is 1.11 bits per heavy atom. The molecule has 106 valence electrons. The van der Waals surface area contributed by atoms with Crippen LogP contribution in [0.3, 0.4) is 0 Å². The highest BCUT2D eigenvalue weighted by Crippen LogP contribution is 2.25. The van der Waals surface area contributed by atoms with E-state index in [1.165, 1.54) is 16.8 Å². The third-order valence-corrected chi connectivity index (χ3v) is 3.92. The van der Waals surface area contributed by atoms with E-state index in [0.717, 1.165) is 6.54 Å². The van der Waals surface area contributed by atoms with Crippen molar-refractivity contribution in [2.24, 2.45) is 0 Å². The molecule has 0 bridgehead atoms. The van der Waals surface area contributed by atoms with E-state index >= 15 is 0 Å². The summed E-state index contributed by atoms with van der Waals surface area (Å²) in [4.78, 5) is 2.28. The maximum atomic E-state index is 10.4. The van der Waals surface area contributed by atoms with Crippen LogP contribution in [0.1, 0.15) is 31.9 Å². The first-order chi connectivity index (χ1) is 8.69. The van der Waals surface area contributed by atoms with Gasteiger partial charge in [-0.2, -0.15) is 0 Å². The Morgan fingerprint density at radius 2 is 1.79 bits per heavy atom. The third kappa shape index (κ3) is 3.48. The van der Waals surface area contributed by atoms with Crippen molar-refractivity contribution >= 4 is 5.69 Å². The van der Waals surface area contributed by atoms with Crippen LogP contribution < -0.4 is 10.2 Å². The monoisotopic (exact) mass is 262 g/mol. The minimum atomic E-state index is -0.702. The molecule has 0 radical (unpaired) electrons. The van der Waals surface area contributed by atoms with Crippen molar-refractivity contribution in [1.29, 1.82) is 0 Å². The molecule has 1 heterocycles. The zero-order valence-corrected chi connectivity index (χ0v) is 12.7. The fourth-order valence-electron chi connectivity index (χ4n) is 2.59. The summed E-state index contributed by atoms with van der Waals surface area (Å²) in [5.74, 6) is 0. The van der Waals surface area contributed by atoms with Crippen LogP contribution in [0.4, 0.5) is 5.69 Å². The molecule has 1 saturated heterocycles. The van der Waals surface area contributed by atoms with Crippen LogP contribution in [-0.2, 0) is 0 Å². The molecular weight excluding hydrogens is 236 g/mol. The van der Waals surface area contributed by atoms with Gasteiger partial charge in [-0.1, -0.05) is 6.07 Å². The Balaban J connectivity index is 2.32. The Bertz CT molecular complexity index is 448. The SMILES string of the molecule is Cc1ccc(N2CC(C)(O)CNC(C)(C)C2)cc1C. The van der Waals surface area contributed by atoms with Crippen molar-refractivity contribution in [2.75, 3.05) is 24.5 Å². The summed E-state index contributed by atoms with van der Waals surface area (Å²) in [5, 5.41) is 13.9. The first-order valence-electron chi connectivity index (χ1n) is 6.98. The summed E-state index contributed by atoms with van der Waals surface area (Å²) < 4.78 is 0. The maximum absolute atomic E-state index is 10.4. The van der Waals surface area contributed by atoms with Crippen LogP contribution >= 0.6 is 0 Å². The summed E-state index contributed by atoms with van der Waals surface area (Å²) in [6.07, 6.45) is 0. The van der Waals surface area contributed by atoms with Gasteiger partial charge in [0, 0.05) is 30.9 Å². The molecule has 0 spiro atoms. The molecule has 0 aliphatic carbocycles. The van der Waals surface area contributed by atoms with Crippen LogP contribution in [0.15, 0.2) is 18.2 Å². The van der Waals surface area contributed by atoms with Gasteiger partial charge in [-0.25, -0.2) is 0 Å². The molecule has 0 aromatic heterocycles. The number of nitrogens with zero attached hydrogens (tertiary/aromatic N) is 1. The van der Waals surface area contributed by atoms with Gasteiger partial charge in [0.15, 0.2) is 0 Å². The van der Waals surface area contributed by atoms with E-state index in [1.54, 1.807) is 0 Å². The van der Waals surface area contributed by atoms with Crippen LogP contribution in [-0.4, -0.2) is 35.9 Å². The van der Waals surface area contributed by atoms with E-state index in [0.29, 0.717) is 13.1 Å². The van der Waals surface area contributed by atoms with Crippen molar-refractivity contribution in [3.05, 3.63) is 29.3 Å². The molecule has 1 unspecified atom stereocenters. The van der Waals surface area contributed by atoms with Crippen molar-refractivity contribution < 1.29 is 5.11 Å². The van der Waals surface area contributed by atoms with Crippen LogP contribution in [0, 0.1) is 13.8 Å². The van der Waals surface area contributed by atoms with E-state index in [1.807, 2.05) is 6.92 Å². The Morgan fingerprint density at radius 3 is 2.42 bits per heavy atom. The highest BCUT2D eigenvalue weighted by atomic mass is 16.3. The van der Waals surface area contributed by atoms with Gasteiger partial charge in [0.05, 0.1) is 5.60 Å². The molecule has 1 fully saturated rings. The van der Waals surface area contributed by atoms with E-state index in [4.69, 9.17) is 0 Å². The van der Waals surface area contributed by atoms with E-state index < -0.39 is 5.60 Å². The fraction of sp³-hybridized carbons (Fsp3) is 0.625. The van der Waals surface area contributed by atoms with E-state index in [2.05, 4.69) is 56.1 Å². The Hall–Kier alpha value is -1.06. The normalized spacial score (nSPS) is 27.2. The molecule has 0 amide bonds. The lowest BCUT2D eigenvalue weighted by Gasteiger charge is -2.32. The number of nitrogens with one attached hydrogen (secondary N) is 1. The maximum Gasteiger partial charge on any atom is 0.0917 e. The number of rotatable bonds is 1. The molecule has 2 rings (SSSR count). The number of anilines is 1. The van der Waals surface area contributed by atoms with Gasteiger partial charge in [-0.15, -0.1) is 0 Å². The standard InChI is InChI=1S/C16H26N2O/c1-12-6-7-14(8-13(12)2)18-10-15(3,4)17-9-16(5,19)11-18/h6-8,17,19H,9-11H2,1-5H3. The lowest BCUT2D eigenvalue weighted by molar-refractivity contribution is 0.0696. The molecular formula is C16H26N2O. The van der Waals surface area contributed by atoms with Crippen LogP contribution in [0.25, 0.3) is 0 Å². The first-order valence-corrected chi connectivity index (χ1v) is 6.98. The van der Waals surface area contributed by atoms with Gasteiger partial charge in [0.2, 0.25) is 0 Å². The smallest absolute Gasteiger partial charge is 0.0917 e. The lowest BCUT2D eigenvalue weighted by Crippen LogP contribution is -2.47. The number of aryl methyl sites for hydroxylation is 2. The minimum absolute atomic E-state index is 0.000713. The second-order valence-electron chi connectivity index (χ2n) is 6.86.